The Morgan fingerprint density at radius 1 is 1.12 bits per heavy atom. The lowest BCUT2D eigenvalue weighted by Gasteiger charge is -2.30. The average molecular weight is 468 g/mol. The summed E-state index contributed by atoms with van der Waals surface area (Å²) in [6.07, 6.45) is -0.395. The summed E-state index contributed by atoms with van der Waals surface area (Å²) in [6.45, 7) is 5.99. The Morgan fingerprint density at radius 3 is 2.62 bits per heavy atom. The van der Waals surface area contributed by atoms with E-state index in [2.05, 4.69) is 5.32 Å². The van der Waals surface area contributed by atoms with Crippen molar-refractivity contribution in [3.63, 3.8) is 0 Å². The summed E-state index contributed by atoms with van der Waals surface area (Å²) in [5, 5.41) is 2.75. The number of hydrogen-bond acceptors (Lipinski definition) is 6. The van der Waals surface area contributed by atoms with Crippen molar-refractivity contribution >= 4 is 29.3 Å². The van der Waals surface area contributed by atoms with Gasteiger partial charge >= 0.3 is 6.09 Å². The van der Waals surface area contributed by atoms with Crippen LogP contribution in [-0.4, -0.2) is 49.4 Å². The average Bonchev–Trinajstić information content (AvgIpc) is 3.14. The summed E-state index contributed by atoms with van der Waals surface area (Å²) in [7, 11) is 0. The van der Waals surface area contributed by atoms with Crippen molar-refractivity contribution in [2.45, 2.75) is 45.4 Å². The topological polar surface area (TPSA) is 97.4 Å². The molecule has 9 heteroatoms. The molecule has 0 bridgehead atoms. The number of nitrogens with one attached hydrogen (secondary N) is 1. The third-order valence-electron chi connectivity index (χ3n) is 5.38. The first-order valence-corrected chi connectivity index (χ1v) is 11.2. The molecule has 0 aromatic heterocycles. The minimum atomic E-state index is -0.622. The first-order chi connectivity index (χ1) is 16.2. The van der Waals surface area contributed by atoms with Crippen LogP contribution in [0.5, 0.6) is 5.75 Å². The Labute approximate surface area is 198 Å². The van der Waals surface area contributed by atoms with Crippen LogP contribution in [0, 0.1) is 0 Å². The van der Waals surface area contributed by atoms with Gasteiger partial charge in [0, 0.05) is 18.7 Å². The molecule has 2 heterocycles. The predicted molar refractivity (Wildman–Crippen MR) is 126 cm³/mol. The highest BCUT2D eigenvalue weighted by Crippen LogP contribution is 2.36. The van der Waals surface area contributed by atoms with Crippen molar-refractivity contribution in [2.75, 3.05) is 29.7 Å². The monoisotopic (exact) mass is 467 g/mol. The van der Waals surface area contributed by atoms with E-state index in [9.17, 15) is 14.4 Å². The van der Waals surface area contributed by atoms with Crippen LogP contribution in [0.15, 0.2) is 48.5 Å². The minimum absolute atomic E-state index is 0.0598. The Balaban J connectivity index is 1.44. The van der Waals surface area contributed by atoms with E-state index in [1.54, 1.807) is 43.9 Å². The van der Waals surface area contributed by atoms with Crippen LogP contribution in [0.3, 0.4) is 0 Å². The highest BCUT2D eigenvalue weighted by atomic mass is 16.6. The lowest BCUT2D eigenvalue weighted by Crippen LogP contribution is -2.41. The van der Waals surface area contributed by atoms with E-state index in [1.807, 2.05) is 30.3 Å². The van der Waals surface area contributed by atoms with Crippen molar-refractivity contribution in [1.29, 1.82) is 0 Å². The van der Waals surface area contributed by atoms with Crippen LogP contribution in [0.1, 0.15) is 32.8 Å². The summed E-state index contributed by atoms with van der Waals surface area (Å²) < 4.78 is 16.6. The van der Waals surface area contributed by atoms with Gasteiger partial charge < -0.3 is 24.4 Å². The molecule has 2 aromatic rings. The number of fused-ring (bicyclic) bond motifs is 1. The molecule has 2 aliphatic heterocycles. The molecule has 1 fully saturated rings. The van der Waals surface area contributed by atoms with E-state index in [4.69, 9.17) is 14.2 Å². The lowest BCUT2D eigenvalue weighted by atomic mass is 10.2. The molecule has 0 saturated carbocycles. The number of rotatable bonds is 6. The van der Waals surface area contributed by atoms with Crippen molar-refractivity contribution in [2.24, 2.45) is 0 Å². The number of anilines is 2. The number of carbonyl (C=O) groups is 3. The van der Waals surface area contributed by atoms with Crippen molar-refractivity contribution in [1.82, 2.24) is 5.32 Å². The molecule has 2 aromatic carbocycles. The van der Waals surface area contributed by atoms with Gasteiger partial charge in [0.1, 0.15) is 18.1 Å². The normalized spacial score (nSPS) is 17.9. The summed E-state index contributed by atoms with van der Waals surface area (Å²) in [5.74, 6) is 0.188. The largest absolute Gasteiger partial charge is 0.482 e. The third-order valence-corrected chi connectivity index (χ3v) is 5.38. The van der Waals surface area contributed by atoms with Crippen LogP contribution in [-0.2, 0) is 25.7 Å². The molecule has 9 nitrogen and oxygen atoms in total. The highest BCUT2D eigenvalue weighted by Gasteiger charge is 2.34. The van der Waals surface area contributed by atoms with E-state index in [0.29, 0.717) is 30.3 Å². The number of ether oxygens (including phenoxy) is 3. The number of hydrogen-bond donors (Lipinski definition) is 1. The summed E-state index contributed by atoms with van der Waals surface area (Å²) in [5.41, 5.74) is 1.54. The van der Waals surface area contributed by atoms with Gasteiger partial charge in [-0.1, -0.05) is 30.3 Å². The van der Waals surface area contributed by atoms with Crippen LogP contribution < -0.4 is 19.9 Å². The van der Waals surface area contributed by atoms with Crippen molar-refractivity contribution in [3.8, 4) is 5.75 Å². The van der Waals surface area contributed by atoms with Crippen molar-refractivity contribution in [3.05, 3.63) is 54.1 Å². The first kappa shape index (κ1) is 23.6. The fourth-order valence-electron chi connectivity index (χ4n) is 3.86. The molecule has 0 aliphatic carbocycles. The zero-order valence-electron chi connectivity index (χ0n) is 19.6. The Bertz CT molecular complexity index is 1070. The smallest absolute Gasteiger partial charge is 0.407 e. The fourth-order valence-corrected chi connectivity index (χ4v) is 3.86. The zero-order valence-corrected chi connectivity index (χ0v) is 19.6. The molecule has 1 saturated heterocycles. The van der Waals surface area contributed by atoms with Gasteiger partial charge in [-0.2, -0.15) is 0 Å². The number of benzene rings is 2. The molecule has 3 amide bonds. The maximum atomic E-state index is 12.7. The molecule has 0 radical (unpaired) electrons. The molecule has 0 unspecified atom stereocenters. The zero-order chi connectivity index (χ0) is 24.3. The molecule has 180 valence electrons. The highest BCUT2D eigenvalue weighted by molar-refractivity contribution is 6.01. The van der Waals surface area contributed by atoms with E-state index in [1.165, 1.54) is 4.90 Å². The van der Waals surface area contributed by atoms with Gasteiger partial charge in [-0.25, -0.2) is 4.79 Å². The van der Waals surface area contributed by atoms with E-state index in [-0.39, 0.29) is 37.6 Å². The van der Waals surface area contributed by atoms with Crippen molar-refractivity contribution < 1.29 is 28.6 Å². The van der Waals surface area contributed by atoms with E-state index >= 15 is 0 Å². The van der Waals surface area contributed by atoms with E-state index in [0.717, 1.165) is 5.56 Å². The van der Waals surface area contributed by atoms with Crippen LogP contribution in [0.2, 0.25) is 0 Å². The van der Waals surface area contributed by atoms with Crippen LogP contribution in [0.4, 0.5) is 16.2 Å². The van der Waals surface area contributed by atoms with Gasteiger partial charge in [-0.3, -0.25) is 14.5 Å². The molecule has 4 rings (SSSR count). The standard InChI is InChI=1S/C25H29N3O6/c1-25(2,3)34-24(31)26-18-11-22(29)27(13-18)19-9-10-21-20(12-19)28(23(30)15-33-21)16-32-14-17-7-5-4-6-8-17/h4-10,12,18H,11,13-16H2,1-3H3,(H,26,31)/t18-/m1/s1. The van der Waals surface area contributed by atoms with E-state index < -0.39 is 11.7 Å². The Kier molecular flexibility index (Phi) is 6.74. The van der Waals surface area contributed by atoms with Gasteiger partial charge in [0.25, 0.3) is 5.91 Å². The molecular formula is C25H29N3O6. The molecule has 2 aliphatic rings. The third kappa shape index (κ3) is 5.66. The first-order valence-electron chi connectivity index (χ1n) is 11.2. The number of amides is 3. The van der Waals surface area contributed by atoms with Gasteiger partial charge in [0.15, 0.2) is 6.61 Å². The molecule has 1 atom stereocenters. The molecule has 34 heavy (non-hydrogen) atoms. The van der Waals surface area contributed by atoms with Gasteiger partial charge in [-0.15, -0.1) is 0 Å². The lowest BCUT2D eigenvalue weighted by molar-refractivity contribution is -0.122. The van der Waals surface area contributed by atoms with Gasteiger partial charge in [0.05, 0.1) is 18.3 Å². The second-order valence-electron chi connectivity index (χ2n) is 9.28. The molecular weight excluding hydrogens is 438 g/mol. The number of nitrogens with zero attached hydrogens (tertiary/aromatic N) is 2. The molecule has 0 spiro atoms. The fraction of sp³-hybridized carbons (Fsp3) is 0.400. The molecule has 1 N–H and O–H groups in total. The SMILES string of the molecule is CC(C)(C)OC(=O)N[C@@H]1CC(=O)N(c2ccc3c(c2)N(COCc2ccccc2)C(=O)CO3)C1. The summed E-state index contributed by atoms with van der Waals surface area (Å²) in [4.78, 5) is 40.5. The predicted octanol–water partition coefficient (Wildman–Crippen LogP) is 3.22. The maximum Gasteiger partial charge on any atom is 0.407 e. The quantitative estimate of drug-likeness (QED) is 0.701. The Morgan fingerprint density at radius 2 is 1.88 bits per heavy atom. The minimum Gasteiger partial charge on any atom is -0.482 e. The van der Waals surface area contributed by atoms with Gasteiger partial charge in [0.2, 0.25) is 5.91 Å². The summed E-state index contributed by atoms with van der Waals surface area (Å²) >= 11 is 0. The maximum absolute atomic E-state index is 12.7. The number of carbonyl (C=O) groups excluding carboxylic acids is 3. The van der Waals surface area contributed by atoms with Crippen LogP contribution in [0.25, 0.3) is 0 Å². The second kappa shape index (κ2) is 9.72. The second-order valence-corrected chi connectivity index (χ2v) is 9.28. The number of alkyl carbamates (subject to hydrolysis) is 1. The summed E-state index contributed by atoms with van der Waals surface area (Å²) in [6, 6.07) is 14.6. The van der Waals surface area contributed by atoms with Crippen LogP contribution >= 0.6 is 0 Å². The Hall–Kier alpha value is -3.59. The van der Waals surface area contributed by atoms with Gasteiger partial charge in [-0.05, 0) is 44.5 Å².